The first-order chi connectivity index (χ1) is 8.04. The quantitative estimate of drug-likeness (QED) is 0.911. The Balaban J connectivity index is 3.24. The molecule has 0 heterocycles. The van der Waals surface area contributed by atoms with Crippen LogP contribution in [0.1, 0.15) is 24.2 Å². The minimum atomic E-state index is -0.0660. The summed E-state index contributed by atoms with van der Waals surface area (Å²) in [6.07, 6.45) is 0. The highest BCUT2D eigenvalue weighted by Gasteiger charge is 2.18. The van der Waals surface area contributed by atoms with Crippen LogP contribution >= 0.6 is 23.2 Å². The van der Waals surface area contributed by atoms with Crippen LogP contribution in [0, 0.1) is 0 Å². The average Bonchev–Trinajstić information content (AvgIpc) is 2.29. The van der Waals surface area contributed by atoms with E-state index in [0.717, 1.165) is 0 Å². The number of nitrogens with zero attached hydrogens (tertiary/aromatic N) is 1. The van der Waals surface area contributed by atoms with Crippen molar-refractivity contribution in [2.75, 3.05) is 25.5 Å². The molecular weight excluding hydrogens is 259 g/mol. The smallest absolute Gasteiger partial charge is 0.256 e. The lowest BCUT2D eigenvalue weighted by molar-refractivity contribution is 0.0774. The number of hydrogen-bond donors (Lipinski definition) is 1. The number of hydrogen-bond acceptors (Lipinski definition) is 2. The normalized spacial score (nSPS) is 10.2. The number of carbonyl (C=O) groups excluding carboxylic acids is 1. The number of anilines is 1. The van der Waals surface area contributed by atoms with Gasteiger partial charge in [-0.15, -0.1) is 0 Å². The van der Waals surface area contributed by atoms with Crippen molar-refractivity contribution in [3.05, 3.63) is 27.7 Å². The van der Waals surface area contributed by atoms with Crippen molar-refractivity contribution < 1.29 is 4.79 Å². The van der Waals surface area contributed by atoms with Crippen LogP contribution in [0.3, 0.4) is 0 Å². The summed E-state index contributed by atoms with van der Waals surface area (Å²) in [6, 6.07) is 3.26. The van der Waals surface area contributed by atoms with Crippen LogP contribution in [0.25, 0.3) is 0 Å². The molecule has 0 atom stereocenters. The fraction of sp³-hybridized carbons (Fsp3) is 0.417. The zero-order valence-electron chi connectivity index (χ0n) is 10.2. The number of halogens is 2. The van der Waals surface area contributed by atoms with E-state index in [1.807, 2.05) is 13.8 Å². The molecule has 1 aromatic rings. The monoisotopic (exact) mass is 274 g/mol. The van der Waals surface area contributed by atoms with E-state index >= 15 is 0 Å². The van der Waals surface area contributed by atoms with Gasteiger partial charge in [0, 0.05) is 25.2 Å². The van der Waals surface area contributed by atoms with Gasteiger partial charge in [-0.1, -0.05) is 23.2 Å². The molecule has 1 rings (SSSR count). The number of benzene rings is 1. The van der Waals surface area contributed by atoms with E-state index in [9.17, 15) is 4.79 Å². The van der Waals surface area contributed by atoms with Gasteiger partial charge in [0.05, 0.1) is 16.3 Å². The molecule has 0 radical (unpaired) electrons. The van der Waals surface area contributed by atoms with Gasteiger partial charge in [-0.3, -0.25) is 4.79 Å². The van der Waals surface area contributed by atoms with Gasteiger partial charge in [-0.2, -0.15) is 0 Å². The predicted molar refractivity (Wildman–Crippen MR) is 73.3 cm³/mol. The Morgan fingerprint density at radius 3 is 2.35 bits per heavy atom. The highest BCUT2D eigenvalue weighted by molar-refractivity contribution is 6.37. The zero-order valence-corrected chi connectivity index (χ0v) is 11.7. The summed E-state index contributed by atoms with van der Waals surface area (Å²) in [5, 5.41) is 3.85. The van der Waals surface area contributed by atoms with Crippen molar-refractivity contribution in [2.24, 2.45) is 0 Å². The standard InChI is InChI=1S/C12H16Cl2N2O/c1-4-16(5-2)12(17)9-6-8(13)7-10(14)11(9)15-3/h6-7,15H,4-5H2,1-3H3. The van der Waals surface area contributed by atoms with E-state index in [2.05, 4.69) is 5.32 Å². The third-order valence-electron chi connectivity index (χ3n) is 2.59. The molecule has 0 aromatic heterocycles. The lowest BCUT2D eigenvalue weighted by Gasteiger charge is -2.21. The first-order valence-corrected chi connectivity index (χ1v) is 6.26. The Morgan fingerprint density at radius 2 is 1.88 bits per heavy atom. The number of amides is 1. The number of nitrogens with one attached hydrogen (secondary N) is 1. The molecule has 5 heteroatoms. The van der Waals surface area contributed by atoms with E-state index in [0.29, 0.717) is 34.4 Å². The molecule has 17 heavy (non-hydrogen) atoms. The average molecular weight is 275 g/mol. The highest BCUT2D eigenvalue weighted by atomic mass is 35.5. The highest BCUT2D eigenvalue weighted by Crippen LogP contribution is 2.30. The molecule has 1 amide bonds. The van der Waals surface area contributed by atoms with Crippen molar-refractivity contribution in [2.45, 2.75) is 13.8 Å². The Kier molecular flexibility index (Phi) is 5.09. The number of rotatable bonds is 4. The first-order valence-electron chi connectivity index (χ1n) is 5.51. The third kappa shape index (κ3) is 3.05. The molecule has 0 aliphatic heterocycles. The maximum atomic E-state index is 12.3. The van der Waals surface area contributed by atoms with Crippen molar-refractivity contribution in [3.8, 4) is 0 Å². The molecule has 1 aromatic carbocycles. The van der Waals surface area contributed by atoms with Gasteiger partial charge in [-0.25, -0.2) is 0 Å². The van der Waals surface area contributed by atoms with Crippen LogP contribution in [-0.4, -0.2) is 30.9 Å². The van der Waals surface area contributed by atoms with Crippen molar-refractivity contribution in [1.29, 1.82) is 0 Å². The molecule has 0 spiro atoms. The van der Waals surface area contributed by atoms with Crippen LogP contribution in [-0.2, 0) is 0 Å². The van der Waals surface area contributed by atoms with Gasteiger partial charge in [0.15, 0.2) is 0 Å². The lowest BCUT2D eigenvalue weighted by atomic mass is 10.1. The summed E-state index contributed by atoms with van der Waals surface area (Å²) in [5.41, 5.74) is 1.13. The van der Waals surface area contributed by atoms with Crippen LogP contribution < -0.4 is 5.32 Å². The summed E-state index contributed by atoms with van der Waals surface area (Å²) < 4.78 is 0. The molecule has 0 unspecified atom stereocenters. The van der Waals surface area contributed by atoms with Gasteiger partial charge in [-0.05, 0) is 26.0 Å². The van der Waals surface area contributed by atoms with Crippen LogP contribution in [0.2, 0.25) is 10.0 Å². The topological polar surface area (TPSA) is 32.3 Å². The van der Waals surface area contributed by atoms with Crippen molar-refractivity contribution in [1.82, 2.24) is 4.90 Å². The van der Waals surface area contributed by atoms with E-state index in [1.54, 1.807) is 24.1 Å². The maximum Gasteiger partial charge on any atom is 0.256 e. The van der Waals surface area contributed by atoms with Crippen molar-refractivity contribution >= 4 is 34.8 Å². The van der Waals surface area contributed by atoms with E-state index < -0.39 is 0 Å². The van der Waals surface area contributed by atoms with Gasteiger partial charge >= 0.3 is 0 Å². The van der Waals surface area contributed by atoms with Crippen LogP contribution in [0.5, 0.6) is 0 Å². The second-order valence-corrected chi connectivity index (χ2v) is 4.38. The molecule has 94 valence electrons. The Hall–Kier alpha value is -0.930. The summed E-state index contributed by atoms with van der Waals surface area (Å²) in [7, 11) is 1.73. The molecule has 1 N–H and O–H groups in total. The summed E-state index contributed by atoms with van der Waals surface area (Å²) >= 11 is 12.0. The maximum absolute atomic E-state index is 12.3. The van der Waals surface area contributed by atoms with Crippen molar-refractivity contribution in [3.63, 3.8) is 0 Å². The Labute approximate surface area is 112 Å². The molecule has 0 bridgehead atoms. The summed E-state index contributed by atoms with van der Waals surface area (Å²) in [6.45, 7) is 5.18. The van der Waals surface area contributed by atoms with Gasteiger partial charge in [0.1, 0.15) is 0 Å². The zero-order chi connectivity index (χ0) is 13.0. The minimum absolute atomic E-state index is 0.0660. The van der Waals surface area contributed by atoms with Gasteiger partial charge in [0.2, 0.25) is 0 Å². The second-order valence-electron chi connectivity index (χ2n) is 3.54. The van der Waals surface area contributed by atoms with E-state index in [4.69, 9.17) is 23.2 Å². The molecule has 3 nitrogen and oxygen atoms in total. The second kappa shape index (κ2) is 6.12. The molecule has 0 aliphatic rings. The van der Waals surface area contributed by atoms with Gasteiger partial charge in [0.25, 0.3) is 5.91 Å². The van der Waals surface area contributed by atoms with Crippen LogP contribution in [0.15, 0.2) is 12.1 Å². The fourth-order valence-electron chi connectivity index (χ4n) is 1.68. The minimum Gasteiger partial charge on any atom is -0.386 e. The molecule has 0 fully saturated rings. The SMILES string of the molecule is CCN(CC)C(=O)c1cc(Cl)cc(Cl)c1NC. The summed E-state index contributed by atoms with van der Waals surface area (Å²) in [4.78, 5) is 14.0. The largest absolute Gasteiger partial charge is 0.386 e. The predicted octanol–water partition coefficient (Wildman–Crippen LogP) is 3.52. The Bertz CT molecular complexity index is 417. The van der Waals surface area contributed by atoms with Crippen LogP contribution in [0.4, 0.5) is 5.69 Å². The number of carbonyl (C=O) groups is 1. The lowest BCUT2D eigenvalue weighted by Crippen LogP contribution is -2.31. The molecule has 0 aliphatic carbocycles. The van der Waals surface area contributed by atoms with Gasteiger partial charge < -0.3 is 10.2 Å². The van der Waals surface area contributed by atoms with E-state index in [-0.39, 0.29) is 5.91 Å². The summed E-state index contributed by atoms with van der Waals surface area (Å²) in [5.74, 6) is -0.0660. The van der Waals surface area contributed by atoms with E-state index in [1.165, 1.54) is 0 Å². The third-order valence-corrected chi connectivity index (χ3v) is 3.10. The molecule has 0 saturated carbocycles. The molecule has 0 saturated heterocycles. The Morgan fingerprint density at radius 1 is 1.29 bits per heavy atom. The first kappa shape index (κ1) is 14.1. The molecular formula is C12H16Cl2N2O. The fourth-order valence-corrected chi connectivity index (χ4v) is 2.27.